The van der Waals surface area contributed by atoms with Crippen LogP contribution in [-0.2, 0) is 4.79 Å². The van der Waals surface area contributed by atoms with Gasteiger partial charge in [-0.2, -0.15) is 0 Å². The van der Waals surface area contributed by atoms with Crippen molar-refractivity contribution in [3.05, 3.63) is 52.5 Å². The second kappa shape index (κ2) is 9.54. The molecule has 6 heteroatoms. The van der Waals surface area contributed by atoms with Crippen LogP contribution in [0.3, 0.4) is 0 Å². The lowest BCUT2D eigenvalue weighted by Crippen LogP contribution is -2.21. The van der Waals surface area contributed by atoms with E-state index in [1.54, 1.807) is 18.2 Å². The van der Waals surface area contributed by atoms with Gasteiger partial charge in [0, 0.05) is 53.2 Å². The number of carbonyl (C=O) groups excluding carboxylic acids is 1. The summed E-state index contributed by atoms with van der Waals surface area (Å²) in [7, 11) is 0. The molecule has 0 bridgehead atoms. The van der Waals surface area contributed by atoms with Crippen LogP contribution in [-0.4, -0.2) is 25.5 Å². The SMILES string of the molecule is CCN(CC)c1ccc(NC(=O)CCNc2cc(Cl)cc(Cl)c2)cc1. The molecule has 2 aromatic carbocycles. The number of amides is 1. The molecule has 0 aliphatic rings. The van der Waals surface area contributed by atoms with Crippen molar-refractivity contribution in [2.24, 2.45) is 0 Å². The number of carbonyl (C=O) groups is 1. The van der Waals surface area contributed by atoms with E-state index < -0.39 is 0 Å². The first-order chi connectivity index (χ1) is 12.0. The molecule has 0 aromatic heterocycles. The highest BCUT2D eigenvalue weighted by Gasteiger charge is 2.05. The van der Waals surface area contributed by atoms with Gasteiger partial charge in [-0.05, 0) is 56.3 Å². The maximum Gasteiger partial charge on any atom is 0.226 e. The van der Waals surface area contributed by atoms with Gasteiger partial charge in [-0.1, -0.05) is 23.2 Å². The van der Waals surface area contributed by atoms with Crippen molar-refractivity contribution in [1.29, 1.82) is 0 Å². The summed E-state index contributed by atoms with van der Waals surface area (Å²) in [5.41, 5.74) is 2.75. The zero-order valence-corrected chi connectivity index (χ0v) is 16.0. The lowest BCUT2D eigenvalue weighted by Gasteiger charge is -2.21. The Hall–Kier alpha value is -1.91. The maximum absolute atomic E-state index is 12.1. The molecule has 0 unspecified atom stereocenters. The van der Waals surface area contributed by atoms with Crippen LogP contribution in [0.25, 0.3) is 0 Å². The van der Waals surface area contributed by atoms with Crippen molar-refractivity contribution in [2.45, 2.75) is 20.3 Å². The lowest BCUT2D eigenvalue weighted by atomic mass is 10.2. The van der Waals surface area contributed by atoms with Gasteiger partial charge in [-0.15, -0.1) is 0 Å². The number of rotatable bonds is 8. The number of nitrogens with one attached hydrogen (secondary N) is 2. The number of hydrogen-bond acceptors (Lipinski definition) is 3. The fourth-order valence-corrected chi connectivity index (χ4v) is 3.07. The highest BCUT2D eigenvalue weighted by atomic mass is 35.5. The van der Waals surface area contributed by atoms with E-state index in [4.69, 9.17) is 23.2 Å². The molecule has 0 radical (unpaired) electrons. The highest BCUT2D eigenvalue weighted by Crippen LogP contribution is 2.22. The minimum absolute atomic E-state index is 0.0452. The number of benzene rings is 2. The number of nitrogens with zero attached hydrogens (tertiary/aromatic N) is 1. The van der Waals surface area contributed by atoms with Gasteiger partial charge in [0.2, 0.25) is 5.91 Å². The molecule has 4 nitrogen and oxygen atoms in total. The Morgan fingerprint density at radius 1 is 0.960 bits per heavy atom. The summed E-state index contributed by atoms with van der Waals surface area (Å²) < 4.78 is 0. The standard InChI is InChI=1S/C19H23Cl2N3O/c1-3-24(4-2)18-7-5-16(6-8-18)23-19(25)9-10-22-17-12-14(20)11-15(21)13-17/h5-8,11-13,22H,3-4,9-10H2,1-2H3,(H,23,25). The van der Waals surface area contributed by atoms with Crippen LogP contribution in [0.15, 0.2) is 42.5 Å². The summed E-state index contributed by atoms with van der Waals surface area (Å²) in [6, 6.07) is 13.1. The third-order valence-electron chi connectivity index (χ3n) is 3.82. The Balaban J connectivity index is 1.81. The second-order valence-electron chi connectivity index (χ2n) is 5.60. The average Bonchev–Trinajstić information content (AvgIpc) is 2.56. The largest absolute Gasteiger partial charge is 0.384 e. The van der Waals surface area contributed by atoms with Crippen molar-refractivity contribution in [2.75, 3.05) is 35.2 Å². The summed E-state index contributed by atoms with van der Waals surface area (Å²) in [4.78, 5) is 14.3. The van der Waals surface area contributed by atoms with Crippen molar-refractivity contribution in [3.8, 4) is 0 Å². The van der Waals surface area contributed by atoms with Gasteiger partial charge in [0.05, 0.1) is 0 Å². The van der Waals surface area contributed by atoms with E-state index in [1.165, 1.54) is 0 Å². The molecule has 0 spiro atoms. The molecule has 2 N–H and O–H groups in total. The summed E-state index contributed by atoms with van der Waals surface area (Å²) in [5, 5.41) is 7.17. The van der Waals surface area contributed by atoms with Gasteiger partial charge >= 0.3 is 0 Å². The Kier molecular flexibility index (Phi) is 7.41. The van der Waals surface area contributed by atoms with Crippen molar-refractivity contribution in [3.63, 3.8) is 0 Å². The van der Waals surface area contributed by atoms with Crippen LogP contribution in [0.2, 0.25) is 10.0 Å². The first-order valence-electron chi connectivity index (χ1n) is 8.36. The monoisotopic (exact) mass is 379 g/mol. The van der Waals surface area contributed by atoms with E-state index in [1.807, 2.05) is 24.3 Å². The third-order valence-corrected chi connectivity index (χ3v) is 4.26. The van der Waals surface area contributed by atoms with Gasteiger partial charge in [0.15, 0.2) is 0 Å². The molecule has 0 saturated carbocycles. The van der Waals surface area contributed by atoms with Crippen LogP contribution in [0.5, 0.6) is 0 Å². The van der Waals surface area contributed by atoms with E-state index in [0.717, 1.165) is 30.2 Å². The van der Waals surface area contributed by atoms with Crippen molar-refractivity contribution in [1.82, 2.24) is 0 Å². The van der Waals surface area contributed by atoms with Gasteiger partial charge in [0.1, 0.15) is 0 Å². The Bertz CT molecular complexity index is 680. The van der Waals surface area contributed by atoms with Gasteiger partial charge < -0.3 is 15.5 Å². The molecule has 134 valence electrons. The Morgan fingerprint density at radius 3 is 2.12 bits per heavy atom. The van der Waals surface area contributed by atoms with Gasteiger partial charge in [-0.3, -0.25) is 4.79 Å². The molecule has 0 saturated heterocycles. The second-order valence-corrected chi connectivity index (χ2v) is 6.48. The van der Waals surface area contributed by atoms with Gasteiger partial charge in [0.25, 0.3) is 0 Å². The van der Waals surface area contributed by atoms with Crippen LogP contribution >= 0.6 is 23.2 Å². The zero-order chi connectivity index (χ0) is 18.2. The molecule has 25 heavy (non-hydrogen) atoms. The molecule has 0 heterocycles. The number of anilines is 3. The number of halogens is 2. The lowest BCUT2D eigenvalue weighted by molar-refractivity contribution is -0.115. The summed E-state index contributed by atoms with van der Waals surface area (Å²) >= 11 is 11.9. The molecule has 0 atom stereocenters. The fraction of sp³-hybridized carbons (Fsp3) is 0.316. The summed E-state index contributed by atoms with van der Waals surface area (Å²) in [5.74, 6) is -0.0452. The molecular weight excluding hydrogens is 357 g/mol. The minimum Gasteiger partial charge on any atom is -0.384 e. The normalized spacial score (nSPS) is 10.4. The Labute approximate surface area is 159 Å². The van der Waals surface area contributed by atoms with Crippen LogP contribution in [0.1, 0.15) is 20.3 Å². The van der Waals surface area contributed by atoms with E-state index in [0.29, 0.717) is 23.0 Å². The van der Waals surface area contributed by atoms with Crippen LogP contribution in [0.4, 0.5) is 17.1 Å². The molecule has 0 fully saturated rings. The quantitative estimate of drug-likeness (QED) is 0.655. The van der Waals surface area contributed by atoms with Crippen LogP contribution in [0, 0.1) is 0 Å². The van der Waals surface area contributed by atoms with E-state index in [9.17, 15) is 4.79 Å². The molecule has 0 aliphatic heterocycles. The highest BCUT2D eigenvalue weighted by molar-refractivity contribution is 6.35. The van der Waals surface area contributed by atoms with E-state index >= 15 is 0 Å². The molecule has 2 rings (SSSR count). The third kappa shape index (κ3) is 6.15. The first-order valence-corrected chi connectivity index (χ1v) is 9.12. The van der Waals surface area contributed by atoms with E-state index in [2.05, 4.69) is 29.4 Å². The molecule has 1 amide bonds. The molecular formula is C19H23Cl2N3O. The van der Waals surface area contributed by atoms with Gasteiger partial charge in [-0.25, -0.2) is 0 Å². The predicted octanol–water partition coefficient (Wildman–Crippen LogP) is 5.28. The average molecular weight is 380 g/mol. The van der Waals surface area contributed by atoms with Crippen LogP contribution < -0.4 is 15.5 Å². The molecule has 0 aliphatic carbocycles. The van der Waals surface area contributed by atoms with E-state index in [-0.39, 0.29) is 5.91 Å². The van der Waals surface area contributed by atoms with Crippen molar-refractivity contribution >= 4 is 46.2 Å². The summed E-state index contributed by atoms with van der Waals surface area (Å²) in [6.07, 6.45) is 0.349. The maximum atomic E-state index is 12.1. The first kappa shape index (κ1) is 19.4. The predicted molar refractivity (Wildman–Crippen MR) is 108 cm³/mol. The Morgan fingerprint density at radius 2 is 1.56 bits per heavy atom. The minimum atomic E-state index is -0.0452. The smallest absolute Gasteiger partial charge is 0.226 e. The number of hydrogen-bond donors (Lipinski definition) is 2. The molecule has 2 aromatic rings. The zero-order valence-electron chi connectivity index (χ0n) is 14.5. The fourth-order valence-electron chi connectivity index (χ4n) is 2.54. The van der Waals surface area contributed by atoms with Crippen molar-refractivity contribution < 1.29 is 4.79 Å². The summed E-state index contributed by atoms with van der Waals surface area (Å²) in [6.45, 7) is 6.67. The topological polar surface area (TPSA) is 44.4 Å².